The van der Waals surface area contributed by atoms with Gasteiger partial charge in [-0.15, -0.1) is 0 Å². The molecule has 0 aromatic carbocycles. The van der Waals surface area contributed by atoms with Gasteiger partial charge in [-0.2, -0.15) is 0 Å². The first-order valence-corrected chi connectivity index (χ1v) is 18.8. The van der Waals surface area contributed by atoms with Gasteiger partial charge in [0.1, 0.15) is 12.6 Å². The van der Waals surface area contributed by atoms with E-state index in [9.17, 15) is 23.8 Å². The number of allylic oxidation sites excluding steroid dienone is 9. The summed E-state index contributed by atoms with van der Waals surface area (Å²) in [6.07, 6.45) is 33.4. The van der Waals surface area contributed by atoms with Gasteiger partial charge in [0.2, 0.25) is 0 Å². The monoisotopic (exact) mass is 697 g/mol. The Hall–Kier alpha value is -2.82. The molecular formula is C36H60NO10P. The summed E-state index contributed by atoms with van der Waals surface area (Å²) in [5, 5.41) is 8.83. The van der Waals surface area contributed by atoms with Crippen molar-refractivity contribution >= 4 is 25.7 Å². The van der Waals surface area contributed by atoms with E-state index in [0.717, 1.165) is 44.9 Å². The number of nitrogens with two attached hydrogens (primary N) is 1. The fourth-order valence-electron chi connectivity index (χ4n) is 4.08. The molecule has 0 aliphatic carbocycles. The van der Waals surface area contributed by atoms with Gasteiger partial charge in [0.15, 0.2) is 6.10 Å². The lowest BCUT2D eigenvalue weighted by molar-refractivity contribution is -0.160. The van der Waals surface area contributed by atoms with Crippen LogP contribution in [0.25, 0.3) is 0 Å². The molecule has 0 spiro atoms. The molecule has 4 N–H and O–H groups in total. The average molecular weight is 698 g/mol. The number of carbonyl (C=O) groups excluding carboxylic acids is 2. The molecule has 0 heterocycles. The van der Waals surface area contributed by atoms with E-state index >= 15 is 0 Å². The van der Waals surface area contributed by atoms with Crippen LogP contribution in [0.5, 0.6) is 0 Å². The van der Waals surface area contributed by atoms with Crippen LogP contribution < -0.4 is 5.73 Å². The average Bonchev–Trinajstić information content (AvgIpc) is 3.05. The Balaban J connectivity index is 4.67. The van der Waals surface area contributed by atoms with Gasteiger partial charge in [-0.05, 0) is 38.5 Å². The van der Waals surface area contributed by atoms with E-state index in [2.05, 4.69) is 54.8 Å². The molecule has 274 valence electrons. The van der Waals surface area contributed by atoms with Crippen molar-refractivity contribution in [1.29, 1.82) is 0 Å². The van der Waals surface area contributed by atoms with Gasteiger partial charge in [0.05, 0.1) is 19.6 Å². The number of phosphoric acid groups is 1. The number of aliphatic carboxylic acids is 1. The van der Waals surface area contributed by atoms with Crippen LogP contribution in [0.4, 0.5) is 0 Å². The number of carbonyl (C=O) groups is 3. The Kier molecular flexibility index (Phi) is 29.6. The molecule has 0 rings (SSSR count). The fourth-order valence-corrected chi connectivity index (χ4v) is 4.86. The SMILES string of the molecule is CC/C=C\C/C=C\C/C=C\C/C=C\C/C=C\CC(=O)OC(COC(=O)CCCCCCCCCCC)COP(=O)(O)OCC(N)C(=O)O. The number of carboxylic acids is 1. The van der Waals surface area contributed by atoms with Crippen LogP contribution in [0, 0.1) is 0 Å². The molecule has 0 saturated heterocycles. The van der Waals surface area contributed by atoms with Crippen LogP contribution in [0.1, 0.15) is 117 Å². The largest absolute Gasteiger partial charge is 0.480 e. The maximum atomic E-state index is 12.5. The number of esters is 2. The highest BCUT2D eigenvalue weighted by atomic mass is 31.2. The number of rotatable bonds is 31. The molecule has 48 heavy (non-hydrogen) atoms. The second-order valence-electron chi connectivity index (χ2n) is 11.3. The minimum atomic E-state index is -4.73. The Morgan fingerprint density at radius 3 is 1.67 bits per heavy atom. The first kappa shape index (κ1) is 45.2. The third-order valence-electron chi connectivity index (χ3n) is 6.81. The Bertz CT molecular complexity index is 1050. The third kappa shape index (κ3) is 30.5. The molecule has 0 amide bonds. The smallest absolute Gasteiger partial charge is 0.472 e. The van der Waals surface area contributed by atoms with Crippen molar-refractivity contribution in [2.75, 3.05) is 19.8 Å². The summed E-state index contributed by atoms with van der Waals surface area (Å²) < 4.78 is 32.3. The number of unbranched alkanes of at least 4 members (excludes halogenated alkanes) is 8. The van der Waals surface area contributed by atoms with E-state index in [1.165, 1.54) is 32.1 Å². The molecule has 0 aliphatic heterocycles. The van der Waals surface area contributed by atoms with Gasteiger partial charge in [0, 0.05) is 6.42 Å². The minimum absolute atomic E-state index is 0.0723. The summed E-state index contributed by atoms with van der Waals surface area (Å²) in [4.78, 5) is 45.5. The maximum Gasteiger partial charge on any atom is 0.472 e. The third-order valence-corrected chi connectivity index (χ3v) is 7.76. The second-order valence-corrected chi connectivity index (χ2v) is 12.7. The summed E-state index contributed by atoms with van der Waals surface area (Å²) in [6, 6.07) is -1.53. The van der Waals surface area contributed by atoms with Gasteiger partial charge >= 0.3 is 25.7 Å². The summed E-state index contributed by atoms with van der Waals surface area (Å²) in [6.45, 7) is 2.51. The lowest BCUT2D eigenvalue weighted by Gasteiger charge is -2.20. The summed E-state index contributed by atoms with van der Waals surface area (Å²) in [5.41, 5.74) is 5.29. The molecule has 12 heteroatoms. The molecule has 3 unspecified atom stereocenters. The van der Waals surface area contributed by atoms with E-state index in [4.69, 9.17) is 24.8 Å². The second kappa shape index (κ2) is 31.4. The normalized spacial score (nSPS) is 14.8. The van der Waals surface area contributed by atoms with E-state index in [-0.39, 0.29) is 19.4 Å². The van der Waals surface area contributed by atoms with Crippen LogP contribution in [-0.4, -0.2) is 59.9 Å². The zero-order valence-corrected chi connectivity index (χ0v) is 29.9. The van der Waals surface area contributed by atoms with Gasteiger partial charge in [0.25, 0.3) is 0 Å². The van der Waals surface area contributed by atoms with E-state index in [0.29, 0.717) is 12.8 Å². The van der Waals surface area contributed by atoms with Crippen molar-refractivity contribution in [3.05, 3.63) is 60.8 Å². The number of hydrogen-bond donors (Lipinski definition) is 3. The van der Waals surface area contributed by atoms with Crippen LogP contribution >= 0.6 is 7.82 Å². The molecule has 0 bridgehead atoms. The number of ether oxygens (including phenoxy) is 2. The highest BCUT2D eigenvalue weighted by Crippen LogP contribution is 2.43. The predicted molar refractivity (Wildman–Crippen MR) is 189 cm³/mol. The topological polar surface area (TPSA) is 172 Å². The lowest BCUT2D eigenvalue weighted by atomic mass is 10.1. The molecule has 11 nitrogen and oxygen atoms in total. The van der Waals surface area contributed by atoms with Crippen LogP contribution in [0.15, 0.2) is 60.8 Å². The highest BCUT2D eigenvalue weighted by Gasteiger charge is 2.28. The van der Waals surface area contributed by atoms with Crippen molar-refractivity contribution < 1.29 is 47.5 Å². The summed E-state index contributed by atoms with van der Waals surface area (Å²) in [5.74, 6) is -2.55. The molecule has 3 atom stereocenters. The molecule has 0 aromatic heterocycles. The van der Waals surface area contributed by atoms with Crippen molar-refractivity contribution in [3.8, 4) is 0 Å². The first-order valence-electron chi connectivity index (χ1n) is 17.3. The number of phosphoric ester groups is 1. The molecule has 0 radical (unpaired) electrons. The van der Waals surface area contributed by atoms with Gasteiger partial charge in [-0.3, -0.25) is 23.4 Å². The Morgan fingerprint density at radius 2 is 1.15 bits per heavy atom. The van der Waals surface area contributed by atoms with Crippen molar-refractivity contribution in [2.24, 2.45) is 5.73 Å². The maximum absolute atomic E-state index is 12.5. The molecule has 0 aromatic rings. The van der Waals surface area contributed by atoms with Crippen molar-refractivity contribution in [1.82, 2.24) is 0 Å². The predicted octanol–water partition coefficient (Wildman–Crippen LogP) is 8.05. The molecule has 0 saturated carbocycles. The van der Waals surface area contributed by atoms with Gasteiger partial charge < -0.3 is 25.2 Å². The molecule has 0 aliphatic rings. The van der Waals surface area contributed by atoms with Crippen LogP contribution in [0.3, 0.4) is 0 Å². The van der Waals surface area contributed by atoms with E-state index < -0.39 is 51.1 Å². The minimum Gasteiger partial charge on any atom is -0.480 e. The van der Waals surface area contributed by atoms with E-state index in [1.807, 2.05) is 18.2 Å². The lowest BCUT2D eigenvalue weighted by Crippen LogP contribution is -2.34. The summed E-state index contributed by atoms with van der Waals surface area (Å²) >= 11 is 0. The van der Waals surface area contributed by atoms with Crippen molar-refractivity contribution in [2.45, 2.75) is 129 Å². The Labute approximate surface area is 287 Å². The van der Waals surface area contributed by atoms with Crippen LogP contribution in [-0.2, 0) is 37.5 Å². The zero-order chi connectivity index (χ0) is 35.7. The Morgan fingerprint density at radius 1 is 0.667 bits per heavy atom. The van der Waals surface area contributed by atoms with Crippen LogP contribution in [0.2, 0.25) is 0 Å². The van der Waals surface area contributed by atoms with Gasteiger partial charge in [-0.25, -0.2) is 4.57 Å². The molecular weight excluding hydrogens is 637 g/mol. The fraction of sp³-hybridized carbons (Fsp3) is 0.639. The van der Waals surface area contributed by atoms with E-state index in [1.54, 1.807) is 6.08 Å². The highest BCUT2D eigenvalue weighted by molar-refractivity contribution is 7.47. The number of hydrogen-bond acceptors (Lipinski definition) is 9. The zero-order valence-electron chi connectivity index (χ0n) is 29.0. The summed E-state index contributed by atoms with van der Waals surface area (Å²) in [7, 11) is -4.73. The van der Waals surface area contributed by atoms with Gasteiger partial charge in [-0.1, -0.05) is 126 Å². The number of carboxylic acid groups (broad SMARTS) is 1. The first-order chi connectivity index (χ1) is 23.1. The van der Waals surface area contributed by atoms with Crippen molar-refractivity contribution in [3.63, 3.8) is 0 Å². The quantitative estimate of drug-likeness (QED) is 0.0277. The standard InChI is InChI=1S/C36H60NO10P/c1-3-5-7-9-11-13-14-15-16-17-18-20-22-24-26-28-35(39)47-32(30-45-48(42,43)46-31-33(37)36(40)41)29-44-34(38)27-25-23-21-19-12-10-8-6-4-2/h5,7,11,13,15-16,18,20,24,26,32-33H,3-4,6,8-10,12,14,17,19,21-23,25,27-31,37H2,1-2H3,(H,40,41)(H,42,43)/b7-5-,13-11-,16-15-,20-18-,26-24-. The molecule has 0 fully saturated rings.